The van der Waals surface area contributed by atoms with Gasteiger partial charge in [0.2, 0.25) is 5.95 Å². The molecule has 0 bridgehead atoms. The lowest BCUT2D eigenvalue weighted by Gasteiger charge is -2.11. The Morgan fingerprint density at radius 3 is 2.95 bits per heavy atom. The van der Waals surface area contributed by atoms with Crippen molar-refractivity contribution in [2.75, 3.05) is 24.2 Å². The smallest absolute Gasteiger partial charge is 0.222 e. The number of anilines is 2. The monoisotopic (exact) mass is 294 g/mol. The van der Waals surface area contributed by atoms with Gasteiger partial charge in [-0.05, 0) is 30.2 Å². The molecule has 0 aliphatic heterocycles. The molecule has 1 aliphatic carbocycles. The van der Waals surface area contributed by atoms with Gasteiger partial charge in [0, 0.05) is 31.8 Å². The van der Waals surface area contributed by atoms with Crippen molar-refractivity contribution in [2.45, 2.75) is 13.3 Å². The summed E-state index contributed by atoms with van der Waals surface area (Å²) in [6.45, 7) is 2.81. The molecule has 1 aromatic carbocycles. The van der Waals surface area contributed by atoms with E-state index in [0.717, 1.165) is 41.0 Å². The summed E-state index contributed by atoms with van der Waals surface area (Å²) in [5, 5.41) is 9.77. The highest BCUT2D eigenvalue weighted by Gasteiger charge is 2.19. The molecule has 3 N–H and O–H groups in total. The van der Waals surface area contributed by atoms with Crippen LogP contribution < -0.4 is 10.6 Å². The summed E-state index contributed by atoms with van der Waals surface area (Å²) < 4.78 is 0. The van der Waals surface area contributed by atoms with Gasteiger partial charge in [0.25, 0.3) is 0 Å². The molecule has 112 valence electrons. The summed E-state index contributed by atoms with van der Waals surface area (Å²) >= 11 is 0. The number of allylic oxidation sites excluding steroid dienone is 1. The van der Waals surface area contributed by atoms with E-state index in [9.17, 15) is 0 Å². The Morgan fingerprint density at radius 2 is 2.23 bits per heavy atom. The fourth-order valence-electron chi connectivity index (χ4n) is 2.63. The minimum atomic E-state index is 0.644. The zero-order chi connectivity index (χ0) is 15.5. The predicted octanol–water partition coefficient (Wildman–Crippen LogP) is 3.60. The van der Waals surface area contributed by atoms with Gasteiger partial charge in [0.05, 0.1) is 11.4 Å². The van der Waals surface area contributed by atoms with E-state index in [1.807, 2.05) is 38.4 Å². The lowest BCUT2D eigenvalue weighted by molar-refractivity contribution is 1.06. The third-order valence-corrected chi connectivity index (χ3v) is 3.68. The Labute approximate surface area is 129 Å². The predicted molar refractivity (Wildman–Crippen MR) is 87.8 cm³/mol. The second-order valence-corrected chi connectivity index (χ2v) is 5.00. The van der Waals surface area contributed by atoms with Gasteiger partial charge in [-0.1, -0.05) is 12.1 Å². The highest BCUT2D eigenvalue weighted by molar-refractivity contribution is 5.86. The third kappa shape index (κ3) is 2.43. The van der Waals surface area contributed by atoms with E-state index in [2.05, 4.69) is 31.8 Å². The van der Waals surface area contributed by atoms with E-state index in [-0.39, 0.29) is 0 Å². The van der Waals surface area contributed by atoms with Crippen LogP contribution in [0.25, 0.3) is 5.57 Å². The first-order chi connectivity index (χ1) is 10.8. The van der Waals surface area contributed by atoms with Crippen LogP contribution in [0.1, 0.15) is 23.7 Å². The minimum absolute atomic E-state index is 0.644. The second kappa shape index (κ2) is 5.93. The molecular formula is C16H18N6. The summed E-state index contributed by atoms with van der Waals surface area (Å²) in [5.41, 5.74) is 13.1. The zero-order valence-corrected chi connectivity index (χ0v) is 12.6. The molecule has 0 saturated carbocycles. The first kappa shape index (κ1) is 14.2. The second-order valence-electron chi connectivity index (χ2n) is 5.00. The number of rotatable bonds is 5. The standard InChI is InChI=1S/C16H18N6/c1-3-19-15-8-10(4-6-14(15)22-17)11-5-7-13-12(11)9-20-16(18-2)21-13/h4-6,8-9,17,19H,3,7H2,1-2H3,(H,18,20,21). The molecule has 2 aromatic rings. The van der Waals surface area contributed by atoms with Gasteiger partial charge in [0.15, 0.2) is 0 Å². The van der Waals surface area contributed by atoms with Crippen molar-refractivity contribution in [2.24, 2.45) is 5.11 Å². The van der Waals surface area contributed by atoms with Crippen molar-refractivity contribution >= 4 is 22.9 Å². The number of nitrogens with one attached hydrogen (secondary N) is 3. The maximum absolute atomic E-state index is 7.25. The Kier molecular flexibility index (Phi) is 3.82. The highest BCUT2D eigenvalue weighted by atomic mass is 15.1. The Morgan fingerprint density at radius 1 is 1.36 bits per heavy atom. The molecule has 0 unspecified atom stereocenters. The molecule has 0 atom stereocenters. The average molecular weight is 294 g/mol. The molecule has 1 aromatic heterocycles. The minimum Gasteiger partial charge on any atom is -0.384 e. The summed E-state index contributed by atoms with van der Waals surface area (Å²) in [7, 11) is 1.82. The quantitative estimate of drug-likeness (QED) is 0.735. The van der Waals surface area contributed by atoms with E-state index in [4.69, 9.17) is 5.53 Å². The molecule has 6 nitrogen and oxygen atoms in total. The molecule has 3 rings (SSSR count). The van der Waals surface area contributed by atoms with Gasteiger partial charge < -0.3 is 10.6 Å². The molecule has 0 spiro atoms. The lowest BCUT2D eigenvalue weighted by atomic mass is 10.0. The SMILES string of the molecule is CCNc1cc(C2=CCc3nc(NC)ncc32)ccc1N=N. The molecule has 0 amide bonds. The number of fused-ring (bicyclic) bond motifs is 1. The van der Waals surface area contributed by atoms with E-state index in [1.165, 1.54) is 0 Å². The average Bonchev–Trinajstić information content (AvgIpc) is 2.98. The van der Waals surface area contributed by atoms with Crippen LogP contribution in [0.15, 0.2) is 35.6 Å². The van der Waals surface area contributed by atoms with Crippen molar-refractivity contribution < 1.29 is 0 Å². The summed E-state index contributed by atoms with van der Waals surface area (Å²) in [5.74, 6) is 0.644. The van der Waals surface area contributed by atoms with E-state index in [1.54, 1.807) is 0 Å². The molecule has 0 saturated heterocycles. The number of nitrogens with zero attached hydrogens (tertiary/aromatic N) is 3. The van der Waals surface area contributed by atoms with E-state index < -0.39 is 0 Å². The summed E-state index contributed by atoms with van der Waals surface area (Å²) in [6, 6.07) is 5.88. The fraction of sp³-hybridized carbons (Fsp3) is 0.250. The first-order valence-electron chi connectivity index (χ1n) is 7.26. The Balaban J connectivity index is 2.00. The van der Waals surface area contributed by atoms with Gasteiger partial charge in [-0.15, -0.1) is 0 Å². The van der Waals surface area contributed by atoms with Crippen LogP contribution in [-0.2, 0) is 6.42 Å². The number of aromatic nitrogens is 2. The van der Waals surface area contributed by atoms with Crippen molar-refractivity contribution in [1.29, 1.82) is 5.53 Å². The van der Waals surface area contributed by atoms with Crippen LogP contribution in [-0.4, -0.2) is 23.6 Å². The van der Waals surface area contributed by atoms with Crippen LogP contribution in [0.2, 0.25) is 0 Å². The number of hydrogen-bond donors (Lipinski definition) is 3. The van der Waals surface area contributed by atoms with E-state index in [0.29, 0.717) is 11.6 Å². The maximum Gasteiger partial charge on any atom is 0.222 e. The van der Waals surface area contributed by atoms with Crippen LogP contribution in [0.3, 0.4) is 0 Å². The highest BCUT2D eigenvalue weighted by Crippen LogP contribution is 2.35. The molecule has 0 radical (unpaired) electrons. The lowest BCUT2D eigenvalue weighted by Crippen LogP contribution is -2.01. The van der Waals surface area contributed by atoms with Crippen LogP contribution in [0.5, 0.6) is 0 Å². The fourth-order valence-corrected chi connectivity index (χ4v) is 2.63. The molecule has 1 aliphatic rings. The molecule has 6 heteroatoms. The van der Waals surface area contributed by atoms with Gasteiger partial charge in [0.1, 0.15) is 5.69 Å². The van der Waals surface area contributed by atoms with Crippen molar-refractivity contribution in [3.8, 4) is 0 Å². The van der Waals surface area contributed by atoms with Gasteiger partial charge in [-0.25, -0.2) is 15.5 Å². The van der Waals surface area contributed by atoms with Gasteiger partial charge in [-0.2, -0.15) is 5.11 Å². The maximum atomic E-state index is 7.25. The molecular weight excluding hydrogens is 276 g/mol. The van der Waals surface area contributed by atoms with Crippen molar-refractivity contribution in [1.82, 2.24) is 9.97 Å². The number of hydrogen-bond acceptors (Lipinski definition) is 6. The molecule has 1 heterocycles. The largest absolute Gasteiger partial charge is 0.384 e. The zero-order valence-electron chi connectivity index (χ0n) is 12.6. The third-order valence-electron chi connectivity index (χ3n) is 3.68. The van der Waals surface area contributed by atoms with Gasteiger partial charge in [-0.3, -0.25) is 0 Å². The molecule has 22 heavy (non-hydrogen) atoms. The van der Waals surface area contributed by atoms with Crippen LogP contribution in [0, 0.1) is 5.53 Å². The summed E-state index contributed by atoms with van der Waals surface area (Å²) in [4.78, 5) is 8.81. The first-order valence-corrected chi connectivity index (χ1v) is 7.26. The van der Waals surface area contributed by atoms with Gasteiger partial charge >= 0.3 is 0 Å². The normalized spacial score (nSPS) is 12.5. The van der Waals surface area contributed by atoms with Crippen molar-refractivity contribution in [3.05, 3.63) is 47.3 Å². The van der Waals surface area contributed by atoms with E-state index >= 15 is 0 Å². The van der Waals surface area contributed by atoms with Crippen LogP contribution in [0.4, 0.5) is 17.3 Å². The Bertz CT molecular complexity index is 750. The summed E-state index contributed by atoms with van der Waals surface area (Å²) in [6.07, 6.45) is 4.84. The number of benzene rings is 1. The molecule has 0 fully saturated rings. The topological polar surface area (TPSA) is 86.1 Å². The van der Waals surface area contributed by atoms with Crippen LogP contribution >= 0.6 is 0 Å². The Hall–Kier alpha value is -2.76. The van der Waals surface area contributed by atoms with Crippen molar-refractivity contribution in [3.63, 3.8) is 0 Å².